The van der Waals surface area contributed by atoms with Gasteiger partial charge in [-0.3, -0.25) is 4.21 Å². The Morgan fingerprint density at radius 3 is 2.37 bits per heavy atom. The number of anilines is 2. The number of hydrogen-bond donors (Lipinski definition) is 2. The van der Waals surface area contributed by atoms with E-state index in [1.807, 2.05) is 13.8 Å². The van der Waals surface area contributed by atoms with Crippen LogP contribution in [0.1, 0.15) is 39.2 Å². The second-order valence-electron chi connectivity index (χ2n) is 4.53. The van der Waals surface area contributed by atoms with Crippen molar-refractivity contribution in [3.8, 4) is 0 Å². The molecule has 0 radical (unpaired) electrons. The van der Waals surface area contributed by atoms with Crippen LogP contribution >= 0.6 is 0 Å². The van der Waals surface area contributed by atoms with Gasteiger partial charge >= 0.3 is 0 Å². The fraction of sp³-hybridized carbons (Fsp3) is 0.692. The van der Waals surface area contributed by atoms with E-state index in [4.69, 9.17) is 0 Å². The Kier molecular flexibility index (Phi) is 6.77. The molecule has 0 aliphatic carbocycles. The van der Waals surface area contributed by atoms with Gasteiger partial charge in [-0.05, 0) is 12.8 Å². The number of hydrogen-bond acceptors (Lipinski definition) is 5. The highest BCUT2D eigenvalue weighted by atomic mass is 32.2. The van der Waals surface area contributed by atoms with Crippen molar-refractivity contribution in [2.45, 2.75) is 33.6 Å². The van der Waals surface area contributed by atoms with Crippen LogP contribution in [0.15, 0.2) is 6.33 Å². The van der Waals surface area contributed by atoms with Crippen LogP contribution in [-0.2, 0) is 10.8 Å². The highest BCUT2D eigenvalue weighted by Gasteiger charge is 2.14. The number of nitrogens with zero attached hydrogens (tertiary/aromatic N) is 2. The molecular weight excluding hydrogens is 260 g/mol. The van der Waals surface area contributed by atoms with Crippen LogP contribution in [0.25, 0.3) is 0 Å². The van der Waals surface area contributed by atoms with Gasteiger partial charge in [-0.1, -0.05) is 20.8 Å². The molecule has 1 rings (SSSR count). The van der Waals surface area contributed by atoms with E-state index in [9.17, 15) is 4.21 Å². The van der Waals surface area contributed by atoms with Gasteiger partial charge in [0.25, 0.3) is 0 Å². The maximum Gasteiger partial charge on any atom is 0.135 e. The Labute approximate surface area is 118 Å². The third-order valence-corrected chi connectivity index (χ3v) is 4.05. The van der Waals surface area contributed by atoms with Crippen LogP contribution in [0.2, 0.25) is 0 Å². The zero-order valence-electron chi connectivity index (χ0n) is 12.2. The zero-order chi connectivity index (χ0) is 14.3. The van der Waals surface area contributed by atoms with Gasteiger partial charge in [0.15, 0.2) is 0 Å². The van der Waals surface area contributed by atoms with Gasteiger partial charge in [0.2, 0.25) is 0 Å². The molecule has 5 nitrogen and oxygen atoms in total. The monoisotopic (exact) mass is 284 g/mol. The average Bonchev–Trinajstić information content (AvgIpc) is 2.38. The van der Waals surface area contributed by atoms with Crippen LogP contribution in [0.5, 0.6) is 0 Å². The van der Waals surface area contributed by atoms with E-state index in [0.717, 1.165) is 23.7 Å². The van der Waals surface area contributed by atoms with Gasteiger partial charge in [-0.2, -0.15) is 0 Å². The molecule has 0 bridgehead atoms. The van der Waals surface area contributed by atoms with Crippen molar-refractivity contribution in [2.75, 3.05) is 35.2 Å². The largest absolute Gasteiger partial charge is 0.370 e. The maximum atomic E-state index is 11.4. The first kappa shape index (κ1) is 15.9. The highest BCUT2D eigenvalue weighted by molar-refractivity contribution is 7.84. The molecule has 0 fully saturated rings. The Hall–Kier alpha value is -1.17. The van der Waals surface area contributed by atoms with Gasteiger partial charge < -0.3 is 10.6 Å². The van der Waals surface area contributed by atoms with Crippen molar-refractivity contribution in [2.24, 2.45) is 0 Å². The van der Waals surface area contributed by atoms with E-state index in [-0.39, 0.29) is 0 Å². The SMILES string of the molecule is CCNc1ncnc(NCCS(=O)CC)c1C(C)C. The summed E-state index contributed by atoms with van der Waals surface area (Å²) in [4.78, 5) is 8.59. The number of rotatable bonds is 8. The minimum atomic E-state index is -0.748. The molecule has 0 aliphatic heterocycles. The molecule has 1 aromatic heterocycles. The summed E-state index contributed by atoms with van der Waals surface area (Å²) in [7, 11) is -0.748. The molecule has 1 atom stereocenters. The minimum Gasteiger partial charge on any atom is -0.370 e. The molecule has 1 heterocycles. The molecule has 1 aromatic rings. The molecule has 0 spiro atoms. The molecule has 108 valence electrons. The van der Waals surface area contributed by atoms with Crippen LogP contribution in [0.4, 0.5) is 11.6 Å². The smallest absolute Gasteiger partial charge is 0.135 e. The van der Waals surface area contributed by atoms with Crippen molar-refractivity contribution in [3.63, 3.8) is 0 Å². The van der Waals surface area contributed by atoms with Crippen molar-refractivity contribution in [1.29, 1.82) is 0 Å². The molecule has 0 aliphatic rings. The molecule has 2 N–H and O–H groups in total. The molecular formula is C13H24N4OS. The fourth-order valence-electron chi connectivity index (χ4n) is 1.82. The van der Waals surface area contributed by atoms with E-state index in [1.54, 1.807) is 6.33 Å². The first-order chi connectivity index (χ1) is 9.10. The standard InChI is InChI=1S/C13H24N4OS/c1-5-14-12-11(10(3)4)13(17-9-16-12)15-7-8-19(18)6-2/h9-10H,5-8H2,1-4H3,(H2,14,15,16,17). The average molecular weight is 284 g/mol. The summed E-state index contributed by atoms with van der Waals surface area (Å²) in [5.41, 5.74) is 1.09. The number of nitrogens with one attached hydrogen (secondary N) is 2. The molecule has 19 heavy (non-hydrogen) atoms. The Morgan fingerprint density at radius 1 is 1.21 bits per heavy atom. The van der Waals surface area contributed by atoms with Crippen molar-refractivity contribution >= 4 is 22.4 Å². The van der Waals surface area contributed by atoms with Gasteiger partial charge in [0, 0.05) is 41.0 Å². The predicted molar refractivity (Wildman–Crippen MR) is 82.3 cm³/mol. The quantitative estimate of drug-likeness (QED) is 0.766. The lowest BCUT2D eigenvalue weighted by Gasteiger charge is -2.17. The Morgan fingerprint density at radius 2 is 1.84 bits per heavy atom. The Bertz CT molecular complexity index is 423. The second kappa shape index (κ2) is 8.09. The first-order valence-corrected chi connectivity index (χ1v) is 8.26. The lowest BCUT2D eigenvalue weighted by molar-refractivity contribution is 0.684. The van der Waals surface area contributed by atoms with Crippen LogP contribution in [0, 0.1) is 0 Å². The van der Waals surface area contributed by atoms with Gasteiger partial charge in [-0.15, -0.1) is 0 Å². The molecule has 1 unspecified atom stereocenters. The van der Waals surface area contributed by atoms with Crippen LogP contribution in [0.3, 0.4) is 0 Å². The molecule has 6 heteroatoms. The van der Waals surface area contributed by atoms with Crippen molar-refractivity contribution in [1.82, 2.24) is 9.97 Å². The van der Waals surface area contributed by atoms with Crippen LogP contribution < -0.4 is 10.6 Å². The molecule has 0 saturated heterocycles. The summed E-state index contributed by atoms with van der Waals surface area (Å²) >= 11 is 0. The normalized spacial score (nSPS) is 12.5. The van der Waals surface area contributed by atoms with E-state index in [0.29, 0.717) is 24.0 Å². The molecule has 0 aromatic carbocycles. The third kappa shape index (κ3) is 4.78. The maximum absolute atomic E-state index is 11.4. The Balaban J connectivity index is 2.81. The van der Waals surface area contributed by atoms with Gasteiger partial charge in [-0.25, -0.2) is 9.97 Å². The fourth-order valence-corrected chi connectivity index (χ4v) is 2.44. The second-order valence-corrected chi connectivity index (χ2v) is 6.39. The lowest BCUT2D eigenvalue weighted by Crippen LogP contribution is -2.16. The van der Waals surface area contributed by atoms with Gasteiger partial charge in [0.1, 0.15) is 18.0 Å². The van der Waals surface area contributed by atoms with E-state index in [1.165, 1.54) is 0 Å². The summed E-state index contributed by atoms with van der Waals surface area (Å²) in [6.45, 7) is 9.72. The van der Waals surface area contributed by atoms with E-state index in [2.05, 4.69) is 34.4 Å². The lowest BCUT2D eigenvalue weighted by atomic mass is 10.0. The topological polar surface area (TPSA) is 66.9 Å². The first-order valence-electron chi connectivity index (χ1n) is 6.77. The predicted octanol–water partition coefficient (Wildman–Crippen LogP) is 2.21. The van der Waals surface area contributed by atoms with E-state index < -0.39 is 10.8 Å². The van der Waals surface area contributed by atoms with Crippen molar-refractivity contribution in [3.05, 3.63) is 11.9 Å². The van der Waals surface area contributed by atoms with E-state index >= 15 is 0 Å². The number of aromatic nitrogens is 2. The summed E-state index contributed by atoms with van der Waals surface area (Å²) in [6.07, 6.45) is 1.56. The van der Waals surface area contributed by atoms with Gasteiger partial charge in [0.05, 0.1) is 0 Å². The zero-order valence-corrected chi connectivity index (χ0v) is 13.0. The minimum absolute atomic E-state index is 0.328. The van der Waals surface area contributed by atoms with Crippen molar-refractivity contribution < 1.29 is 4.21 Å². The summed E-state index contributed by atoms with van der Waals surface area (Å²) in [5, 5.41) is 6.53. The van der Waals surface area contributed by atoms with Crippen LogP contribution in [-0.4, -0.2) is 38.8 Å². The highest BCUT2D eigenvalue weighted by Crippen LogP contribution is 2.27. The third-order valence-electron chi connectivity index (χ3n) is 2.75. The molecule has 0 amide bonds. The molecule has 0 saturated carbocycles. The summed E-state index contributed by atoms with van der Waals surface area (Å²) in [6, 6.07) is 0. The summed E-state index contributed by atoms with van der Waals surface area (Å²) < 4.78 is 11.4. The summed E-state index contributed by atoms with van der Waals surface area (Å²) in [5.74, 6) is 3.40.